The summed E-state index contributed by atoms with van der Waals surface area (Å²) in [5.74, 6) is 0.890. The largest absolute Gasteiger partial charge is 0.467 e. The van der Waals surface area contributed by atoms with E-state index >= 15 is 0 Å². The molecule has 1 N–H and O–H groups in total. The summed E-state index contributed by atoms with van der Waals surface area (Å²) in [6.45, 7) is 8.11. The molecule has 9 heteroatoms. The van der Waals surface area contributed by atoms with Crippen molar-refractivity contribution in [1.29, 1.82) is 0 Å². The molecule has 4 aliphatic rings. The van der Waals surface area contributed by atoms with Gasteiger partial charge in [-0.2, -0.15) is 9.97 Å². The summed E-state index contributed by atoms with van der Waals surface area (Å²) in [7, 11) is 3.60. The number of hydrogen-bond donors (Lipinski definition) is 1. The molecule has 4 heterocycles. The number of fused-ring (bicyclic) bond motifs is 4. The molecule has 0 saturated carbocycles. The van der Waals surface area contributed by atoms with Crippen LogP contribution in [0.4, 0.5) is 10.2 Å². The van der Waals surface area contributed by atoms with Crippen LogP contribution in [0.5, 0.6) is 6.01 Å². The Kier molecular flexibility index (Phi) is 9.30. The van der Waals surface area contributed by atoms with E-state index in [2.05, 4.69) is 40.3 Å². The van der Waals surface area contributed by atoms with Crippen LogP contribution in [0.25, 0.3) is 0 Å². The van der Waals surface area contributed by atoms with E-state index in [4.69, 9.17) is 31.0 Å². The molecule has 2 aromatic rings. The third-order valence-electron chi connectivity index (χ3n) is 8.87. The molecule has 2 fully saturated rings. The molecule has 1 aromatic heterocycles. The van der Waals surface area contributed by atoms with Crippen LogP contribution in [0.2, 0.25) is 5.02 Å². The summed E-state index contributed by atoms with van der Waals surface area (Å²) < 4.78 is 24.7. The van der Waals surface area contributed by atoms with Crippen LogP contribution in [0, 0.1) is 0 Å². The molecule has 1 spiro atoms. The minimum absolute atomic E-state index is 0.307. The highest BCUT2D eigenvalue weighted by Gasteiger charge is 2.45. The predicted octanol–water partition coefficient (Wildman–Crippen LogP) is 5.24. The van der Waals surface area contributed by atoms with Crippen molar-refractivity contribution in [3.63, 3.8) is 0 Å². The van der Waals surface area contributed by atoms with Crippen molar-refractivity contribution < 1.29 is 13.9 Å². The second-order valence-electron chi connectivity index (χ2n) is 11.5. The number of rotatable bonds is 7. The zero-order valence-corrected chi connectivity index (χ0v) is 25.0. The summed E-state index contributed by atoms with van der Waals surface area (Å²) in [4.78, 5) is 14.1. The third-order valence-corrected chi connectivity index (χ3v) is 9.23. The molecule has 0 bridgehead atoms. The summed E-state index contributed by atoms with van der Waals surface area (Å²) in [6.07, 6.45) is 9.54. The Bertz CT molecular complexity index is 1200. The molecule has 218 valence electrons. The number of nitrogens with one attached hydrogen (secondary N) is 1. The van der Waals surface area contributed by atoms with Gasteiger partial charge in [0.2, 0.25) is 0 Å². The van der Waals surface area contributed by atoms with Gasteiger partial charge in [0.1, 0.15) is 12.0 Å². The van der Waals surface area contributed by atoms with Gasteiger partial charge in [-0.25, -0.2) is 4.39 Å². The SMILES string of the molecule is CC=CCN(CC(C)NC)c1nc(OC)nc2c1COC1(CCc3c(Cl)cccc31)C2.FC1CC2CCCN2C1. The summed E-state index contributed by atoms with van der Waals surface area (Å²) >= 11 is 6.48. The van der Waals surface area contributed by atoms with E-state index in [1.807, 2.05) is 26.1 Å². The van der Waals surface area contributed by atoms with Gasteiger partial charge in [-0.15, -0.1) is 0 Å². The Labute approximate surface area is 243 Å². The maximum atomic E-state index is 12.6. The maximum Gasteiger partial charge on any atom is 0.318 e. The average Bonchev–Trinajstić information content (AvgIpc) is 3.65. The number of anilines is 1. The molecule has 3 aliphatic heterocycles. The number of methoxy groups -OCH3 is 1. The monoisotopic (exact) mass is 571 g/mol. The highest BCUT2D eigenvalue weighted by Crippen LogP contribution is 2.48. The standard InChI is InChI=1S/C24H31ClN4O2.C7H12FN/c1-5-6-12-29(14-16(2)26-3)22-18-15-31-24(13-21(18)27-23(28-22)30-4)11-10-17-19(24)8-7-9-20(17)25;8-6-4-7-2-1-3-9(7)5-6/h5-9,16,26H,10-15H2,1-4H3;6-7H,1-5H2. The first-order valence-electron chi connectivity index (χ1n) is 14.6. The van der Waals surface area contributed by atoms with E-state index in [-0.39, 0.29) is 5.60 Å². The molecule has 0 radical (unpaired) electrons. The number of halogens is 2. The fourth-order valence-electron chi connectivity index (χ4n) is 6.64. The van der Waals surface area contributed by atoms with Crippen LogP contribution in [0.1, 0.15) is 61.9 Å². The van der Waals surface area contributed by atoms with Gasteiger partial charge in [-0.05, 0) is 76.7 Å². The van der Waals surface area contributed by atoms with Gasteiger partial charge < -0.3 is 19.7 Å². The molecule has 1 aliphatic carbocycles. The lowest BCUT2D eigenvalue weighted by Gasteiger charge is -2.37. The number of alkyl halides is 1. The molecule has 4 atom stereocenters. The Morgan fingerprint density at radius 2 is 2.20 bits per heavy atom. The van der Waals surface area contributed by atoms with E-state index < -0.39 is 6.17 Å². The van der Waals surface area contributed by atoms with Gasteiger partial charge in [0.15, 0.2) is 0 Å². The van der Waals surface area contributed by atoms with Gasteiger partial charge in [-0.3, -0.25) is 4.90 Å². The minimum Gasteiger partial charge on any atom is -0.467 e. The highest BCUT2D eigenvalue weighted by molar-refractivity contribution is 6.31. The van der Waals surface area contributed by atoms with E-state index in [0.717, 1.165) is 61.0 Å². The van der Waals surface area contributed by atoms with Crippen LogP contribution in [-0.4, -0.2) is 73.5 Å². The van der Waals surface area contributed by atoms with Crippen molar-refractivity contribution in [3.05, 3.63) is 57.8 Å². The van der Waals surface area contributed by atoms with Gasteiger partial charge in [0.05, 0.1) is 25.0 Å². The Morgan fingerprint density at radius 1 is 1.35 bits per heavy atom. The molecule has 4 unspecified atom stereocenters. The summed E-state index contributed by atoms with van der Waals surface area (Å²) in [5.41, 5.74) is 4.07. The quantitative estimate of drug-likeness (QED) is 0.456. The Morgan fingerprint density at radius 3 is 2.95 bits per heavy atom. The van der Waals surface area contributed by atoms with Crippen molar-refractivity contribution in [2.45, 2.75) is 82.8 Å². The number of benzene rings is 1. The lowest BCUT2D eigenvalue weighted by Crippen LogP contribution is -2.40. The summed E-state index contributed by atoms with van der Waals surface area (Å²) in [6, 6.07) is 7.43. The number of ether oxygens (including phenoxy) is 2. The number of hydrogen-bond acceptors (Lipinski definition) is 7. The molecule has 40 heavy (non-hydrogen) atoms. The zero-order valence-electron chi connectivity index (χ0n) is 24.3. The van der Waals surface area contributed by atoms with Gasteiger partial charge >= 0.3 is 6.01 Å². The number of nitrogens with zero attached hydrogens (tertiary/aromatic N) is 4. The molecule has 0 amide bonds. The van der Waals surface area contributed by atoms with Crippen molar-refractivity contribution in [2.24, 2.45) is 0 Å². The summed E-state index contributed by atoms with van der Waals surface area (Å²) in [5, 5.41) is 4.14. The minimum atomic E-state index is -0.518. The fourth-order valence-corrected chi connectivity index (χ4v) is 6.91. The van der Waals surface area contributed by atoms with Crippen LogP contribution in [0.3, 0.4) is 0 Å². The first kappa shape index (κ1) is 29.2. The first-order valence-corrected chi connectivity index (χ1v) is 15.0. The first-order chi connectivity index (χ1) is 19.4. The van der Waals surface area contributed by atoms with Crippen molar-refractivity contribution >= 4 is 17.4 Å². The van der Waals surface area contributed by atoms with Gasteiger partial charge in [0, 0.05) is 48.7 Å². The third kappa shape index (κ3) is 6.01. The Hall–Kier alpha value is -2.26. The van der Waals surface area contributed by atoms with Crippen LogP contribution in [0.15, 0.2) is 30.4 Å². The lowest BCUT2D eigenvalue weighted by atomic mass is 9.87. The topological polar surface area (TPSA) is 62.8 Å². The molecule has 2 saturated heterocycles. The van der Waals surface area contributed by atoms with Crippen LogP contribution >= 0.6 is 11.6 Å². The van der Waals surface area contributed by atoms with E-state index in [1.165, 1.54) is 24.0 Å². The maximum absolute atomic E-state index is 12.6. The van der Waals surface area contributed by atoms with E-state index in [9.17, 15) is 4.39 Å². The second kappa shape index (κ2) is 12.7. The zero-order chi connectivity index (χ0) is 28.3. The van der Waals surface area contributed by atoms with Crippen LogP contribution < -0.4 is 15.0 Å². The number of likely N-dealkylation sites (N-methyl/N-ethyl adjacent to an activating group) is 1. The fraction of sp³-hybridized carbons (Fsp3) is 0.613. The van der Waals surface area contributed by atoms with Gasteiger partial charge in [0.25, 0.3) is 0 Å². The van der Waals surface area contributed by atoms with Crippen molar-refractivity contribution in [1.82, 2.24) is 20.2 Å². The van der Waals surface area contributed by atoms with Gasteiger partial charge in [-0.1, -0.05) is 35.9 Å². The second-order valence-corrected chi connectivity index (χ2v) is 11.9. The highest BCUT2D eigenvalue weighted by atomic mass is 35.5. The molecular formula is C31H43ClFN5O2. The van der Waals surface area contributed by atoms with Crippen molar-refractivity contribution in [3.8, 4) is 6.01 Å². The van der Waals surface area contributed by atoms with Crippen molar-refractivity contribution in [2.75, 3.05) is 45.2 Å². The average molecular weight is 572 g/mol. The smallest absolute Gasteiger partial charge is 0.318 e. The molecule has 6 rings (SSSR count). The van der Waals surface area contributed by atoms with E-state index in [1.54, 1.807) is 7.11 Å². The molecule has 7 nitrogen and oxygen atoms in total. The lowest BCUT2D eigenvalue weighted by molar-refractivity contribution is -0.0729. The van der Waals surface area contributed by atoms with Crippen LogP contribution in [-0.2, 0) is 29.8 Å². The normalized spacial score (nSPS) is 25.9. The molecule has 1 aromatic carbocycles. The predicted molar refractivity (Wildman–Crippen MR) is 158 cm³/mol. The van der Waals surface area contributed by atoms with E-state index in [0.29, 0.717) is 37.7 Å². The number of aromatic nitrogens is 2. The molecular weight excluding hydrogens is 529 g/mol. The number of allylic oxidation sites excluding steroid dienone is 1. The Balaban J connectivity index is 0.000000301.